The van der Waals surface area contributed by atoms with Gasteiger partial charge in [-0.25, -0.2) is 9.97 Å². The van der Waals surface area contributed by atoms with Crippen molar-refractivity contribution in [3.8, 4) is 0 Å². The minimum absolute atomic E-state index is 0.0631. The molecule has 120 valence electrons. The molecule has 0 aliphatic heterocycles. The van der Waals surface area contributed by atoms with Crippen LogP contribution in [-0.2, 0) is 19.4 Å². The molecule has 0 amide bonds. The van der Waals surface area contributed by atoms with E-state index in [9.17, 15) is 4.79 Å². The van der Waals surface area contributed by atoms with Crippen molar-refractivity contribution in [2.75, 3.05) is 0 Å². The van der Waals surface area contributed by atoms with E-state index in [0.29, 0.717) is 6.54 Å². The van der Waals surface area contributed by atoms with Crippen LogP contribution in [0.2, 0.25) is 0 Å². The van der Waals surface area contributed by atoms with E-state index in [4.69, 9.17) is 0 Å². The minimum atomic E-state index is 0.0631. The van der Waals surface area contributed by atoms with Crippen LogP contribution in [-0.4, -0.2) is 18.9 Å². The highest BCUT2D eigenvalue weighted by molar-refractivity contribution is 7.18. The number of hydrogen-bond acceptors (Lipinski definition) is 4. The molecule has 0 spiro atoms. The third-order valence-electron chi connectivity index (χ3n) is 4.77. The first-order valence-electron chi connectivity index (χ1n) is 8.14. The van der Waals surface area contributed by atoms with Gasteiger partial charge in [0.25, 0.3) is 5.56 Å². The van der Waals surface area contributed by atoms with Gasteiger partial charge in [-0.05, 0) is 43.9 Å². The lowest BCUT2D eigenvalue weighted by molar-refractivity contribution is 0.734. The molecular weight excluding hydrogens is 320 g/mol. The maximum Gasteiger partial charge on any atom is 0.262 e. The zero-order chi connectivity index (χ0) is 16.3. The molecule has 0 saturated carbocycles. The smallest absolute Gasteiger partial charge is 0.262 e. The summed E-state index contributed by atoms with van der Waals surface area (Å²) < 4.78 is 3.74. The zero-order valence-electron chi connectivity index (χ0n) is 13.3. The van der Waals surface area contributed by atoms with Crippen molar-refractivity contribution in [3.05, 3.63) is 62.9 Å². The Morgan fingerprint density at radius 2 is 2.21 bits per heavy atom. The summed E-state index contributed by atoms with van der Waals surface area (Å²) in [7, 11) is 0. The predicted molar refractivity (Wildman–Crippen MR) is 94.9 cm³/mol. The van der Waals surface area contributed by atoms with Crippen molar-refractivity contribution < 1.29 is 0 Å². The average molecular weight is 336 g/mol. The van der Waals surface area contributed by atoms with Crippen LogP contribution >= 0.6 is 11.3 Å². The largest absolute Gasteiger partial charge is 0.304 e. The highest BCUT2D eigenvalue weighted by Crippen LogP contribution is 2.34. The molecule has 4 heterocycles. The fraction of sp³-hybridized carbons (Fsp3) is 0.278. The Hall–Kier alpha value is -2.47. The standard InChI is InChI=1S/C18H16N4OS/c1-11-4-2-7-15-20-12(9-22(11)15)8-21-10-19-17-16(18(21)23)13-5-3-6-14(13)24-17/h2,4,7,9-10H,3,5-6,8H2,1H3. The van der Waals surface area contributed by atoms with Crippen LogP contribution in [0.3, 0.4) is 0 Å². The van der Waals surface area contributed by atoms with Crippen LogP contribution in [0.4, 0.5) is 0 Å². The molecular formula is C18H16N4OS. The van der Waals surface area contributed by atoms with E-state index in [2.05, 4.69) is 14.4 Å². The van der Waals surface area contributed by atoms with E-state index in [-0.39, 0.29) is 5.56 Å². The Morgan fingerprint density at radius 1 is 1.29 bits per heavy atom. The molecule has 5 rings (SSSR count). The molecule has 0 N–H and O–H groups in total. The van der Waals surface area contributed by atoms with Gasteiger partial charge >= 0.3 is 0 Å². The van der Waals surface area contributed by atoms with Crippen molar-refractivity contribution >= 4 is 27.2 Å². The number of thiophene rings is 1. The van der Waals surface area contributed by atoms with Crippen molar-refractivity contribution in [3.63, 3.8) is 0 Å². The van der Waals surface area contributed by atoms with Crippen molar-refractivity contribution in [1.29, 1.82) is 0 Å². The second-order valence-corrected chi connectivity index (χ2v) is 7.43. The first-order chi connectivity index (χ1) is 11.7. The van der Waals surface area contributed by atoms with E-state index in [1.54, 1.807) is 22.2 Å². The maximum absolute atomic E-state index is 12.9. The van der Waals surface area contributed by atoms with E-state index in [0.717, 1.165) is 46.5 Å². The first kappa shape index (κ1) is 13.9. The highest BCUT2D eigenvalue weighted by Gasteiger charge is 2.21. The van der Waals surface area contributed by atoms with Crippen molar-refractivity contribution in [2.24, 2.45) is 0 Å². The lowest BCUT2D eigenvalue weighted by Crippen LogP contribution is -2.21. The van der Waals surface area contributed by atoms with E-state index < -0.39 is 0 Å². The fourth-order valence-corrected chi connectivity index (χ4v) is 4.80. The summed E-state index contributed by atoms with van der Waals surface area (Å²) in [5.41, 5.74) is 4.20. The lowest BCUT2D eigenvalue weighted by atomic mass is 10.2. The first-order valence-corrected chi connectivity index (χ1v) is 8.95. The van der Waals surface area contributed by atoms with E-state index in [1.165, 1.54) is 10.4 Å². The summed E-state index contributed by atoms with van der Waals surface area (Å²) >= 11 is 1.68. The highest BCUT2D eigenvalue weighted by atomic mass is 32.1. The number of fused-ring (bicyclic) bond motifs is 4. The third kappa shape index (κ3) is 1.96. The second kappa shape index (κ2) is 5.01. The fourth-order valence-electron chi connectivity index (χ4n) is 3.58. The van der Waals surface area contributed by atoms with Crippen LogP contribution in [0, 0.1) is 6.92 Å². The van der Waals surface area contributed by atoms with E-state index in [1.807, 2.05) is 31.3 Å². The predicted octanol–water partition coefficient (Wildman–Crippen LogP) is 2.95. The van der Waals surface area contributed by atoms with Gasteiger partial charge in [-0.15, -0.1) is 11.3 Å². The summed E-state index contributed by atoms with van der Waals surface area (Å²) in [4.78, 5) is 24.3. The monoisotopic (exact) mass is 336 g/mol. The molecule has 0 aromatic carbocycles. The molecule has 0 saturated heterocycles. The Kier molecular flexibility index (Phi) is 2.91. The molecule has 0 fully saturated rings. The molecule has 0 radical (unpaired) electrons. The molecule has 0 atom stereocenters. The SMILES string of the molecule is Cc1cccc2nc(Cn3cnc4sc5c(c4c3=O)CCC5)cn12. The van der Waals surface area contributed by atoms with Gasteiger partial charge in [-0.1, -0.05) is 6.07 Å². The van der Waals surface area contributed by atoms with Gasteiger partial charge in [0.2, 0.25) is 0 Å². The number of pyridine rings is 1. The molecule has 5 nitrogen and oxygen atoms in total. The normalized spacial score (nSPS) is 13.9. The number of aromatic nitrogens is 4. The molecule has 24 heavy (non-hydrogen) atoms. The van der Waals surface area contributed by atoms with Crippen molar-refractivity contribution in [2.45, 2.75) is 32.7 Å². The summed E-state index contributed by atoms with van der Waals surface area (Å²) in [5, 5.41) is 0.829. The molecule has 0 unspecified atom stereocenters. The van der Waals surface area contributed by atoms with Gasteiger partial charge in [0.05, 0.1) is 24.0 Å². The van der Waals surface area contributed by atoms with E-state index >= 15 is 0 Å². The number of aryl methyl sites for hydroxylation is 3. The Morgan fingerprint density at radius 3 is 3.08 bits per heavy atom. The van der Waals surface area contributed by atoms with Gasteiger partial charge in [-0.3, -0.25) is 9.36 Å². The van der Waals surface area contributed by atoms with Crippen LogP contribution in [0.5, 0.6) is 0 Å². The molecule has 4 aromatic rings. The topological polar surface area (TPSA) is 52.2 Å². The summed E-state index contributed by atoms with van der Waals surface area (Å²) in [6, 6.07) is 6.02. The average Bonchev–Trinajstić information content (AvgIpc) is 3.24. The van der Waals surface area contributed by atoms with Gasteiger partial charge in [0, 0.05) is 16.8 Å². The third-order valence-corrected chi connectivity index (χ3v) is 5.97. The van der Waals surface area contributed by atoms with Gasteiger partial charge in [0.1, 0.15) is 10.5 Å². The molecule has 6 heteroatoms. The lowest BCUT2D eigenvalue weighted by Gasteiger charge is -2.03. The Labute approximate surface area is 142 Å². The molecule has 4 aromatic heterocycles. The van der Waals surface area contributed by atoms with Gasteiger partial charge < -0.3 is 4.40 Å². The minimum Gasteiger partial charge on any atom is -0.304 e. The number of imidazole rings is 1. The number of nitrogens with zero attached hydrogens (tertiary/aromatic N) is 4. The molecule has 1 aliphatic carbocycles. The summed E-state index contributed by atoms with van der Waals surface area (Å²) in [5.74, 6) is 0. The van der Waals surface area contributed by atoms with Gasteiger partial charge in [-0.2, -0.15) is 0 Å². The van der Waals surface area contributed by atoms with Crippen molar-refractivity contribution in [1.82, 2.24) is 18.9 Å². The second-order valence-electron chi connectivity index (χ2n) is 6.34. The maximum atomic E-state index is 12.9. The zero-order valence-corrected chi connectivity index (χ0v) is 14.1. The van der Waals surface area contributed by atoms with Crippen LogP contribution in [0.1, 0.15) is 28.2 Å². The molecule has 0 bridgehead atoms. The quantitative estimate of drug-likeness (QED) is 0.565. The summed E-state index contributed by atoms with van der Waals surface area (Å²) in [6.45, 7) is 2.50. The summed E-state index contributed by atoms with van der Waals surface area (Å²) in [6.07, 6.45) is 6.90. The Balaban J connectivity index is 1.62. The van der Waals surface area contributed by atoms with Gasteiger partial charge in [0.15, 0.2) is 0 Å². The van der Waals surface area contributed by atoms with Crippen LogP contribution in [0.15, 0.2) is 35.5 Å². The van der Waals surface area contributed by atoms with Crippen LogP contribution in [0.25, 0.3) is 15.9 Å². The number of hydrogen-bond donors (Lipinski definition) is 0. The Bertz CT molecular complexity index is 1150. The van der Waals surface area contributed by atoms with Crippen LogP contribution < -0.4 is 5.56 Å². The number of rotatable bonds is 2. The molecule has 1 aliphatic rings.